The fraction of sp³-hybridized carbons (Fsp3) is 0.263. The molecule has 1 aliphatic rings. The zero-order chi connectivity index (χ0) is 19.6. The maximum atomic E-state index is 12.9. The van der Waals surface area contributed by atoms with E-state index in [0.29, 0.717) is 16.8 Å². The first kappa shape index (κ1) is 19.1. The predicted octanol–water partition coefficient (Wildman–Crippen LogP) is 1.94. The van der Waals surface area contributed by atoms with Gasteiger partial charge < -0.3 is 14.7 Å². The van der Waals surface area contributed by atoms with Gasteiger partial charge in [0.05, 0.1) is 17.3 Å². The van der Waals surface area contributed by atoms with Crippen LogP contribution in [0.1, 0.15) is 21.8 Å². The van der Waals surface area contributed by atoms with Crippen molar-refractivity contribution in [2.75, 3.05) is 30.9 Å². The molecule has 8 heteroatoms. The molecule has 0 saturated heterocycles. The monoisotopic (exact) mass is 389 g/mol. The summed E-state index contributed by atoms with van der Waals surface area (Å²) in [5.74, 6) is -2.28. The number of benzene rings is 2. The fourth-order valence-electron chi connectivity index (χ4n) is 3.08. The van der Waals surface area contributed by atoms with Gasteiger partial charge in [-0.25, -0.2) is 8.42 Å². The van der Waals surface area contributed by atoms with Crippen LogP contribution >= 0.6 is 0 Å². The quantitative estimate of drug-likeness (QED) is 0.810. The van der Waals surface area contributed by atoms with Gasteiger partial charge in [-0.3, -0.25) is 9.59 Å². The van der Waals surface area contributed by atoms with Gasteiger partial charge in [0.1, 0.15) is 5.92 Å². The average molecular weight is 389 g/mol. The van der Waals surface area contributed by atoms with Gasteiger partial charge in [-0.2, -0.15) is 0 Å². The largest absolute Gasteiger partial charge is 0.481 e. The van der Waals surface area contributed by atoms with Crippen LogP contribution in [0.3, 0.4) is 0 Å². The number of rotatable bonds is 6. The number of sulfone groups is 1. The molecule has 1 heterocycles. The van der Waals surface area contributed by atoms with Crippen LogP contribution in [-0.2, 0) is 19.4 Å². The number of methoxy groups -OCH3 is 1. The second-order valence-corrected chi connectivity index (χ2v) is 8.31. The molecule has 0 fully saturated rings. The maximum absolute atomic E-state index is 12.9. The van der Waals surface area contributed by atoms with Gasteiger partial charge in [0.2, 0.25) is 0 Å². The number of carboxylic acids is 1. The number of carboxylic acid groups (broad SMARTS) is 1. The first-order valence-corrected chi connectivity index (χ1v) is 9.95. The molecule has 1 aliphatic heterocycles. The SMILES string of the molecule is COCCS(=O)(=O)c1ccc(C(=O)N2CC(C(=O)O)c3ccccc32)cc1. The van der Waals surface area contributed by atoms with Gasteiger partial charge in [-0.05, 0) is 35.9 Å². The lowest BCUT2D eigenvalue weighted by atomic mass is 10.0. The van der Waals surface area contributed by atoms with E-state index in [1.807, 2.05) is 0 Å². The second kappa shape index (κ2) is 7.50. The lowest BCUT2D eigenvalue weighted by Gasteiger charge is -2.17. The molecular weight excluding hydrogens is 370 g/mol. The zero-order valence-electron chi connectivity index (χ0n) is 14.7. The van der Waals surface area contributed by atoms with Crippen LogP contribution in [0.5, 0.6) is 0 Å². The normalized spacial score (nSPS) is 16.2. The van der Waals surface area contributed by atoms with Crippen LogP contribution in [0.25, 0.3) is 0 Å². The highest BCUT2D eigenvalue weighted by Crippen LogP contribution is 2.37. The molecule has 3 rings (SSSR count). The minimum Gasteiger partial charge on any atom is -0.481 e. The van der Waals surface area contributed by atoms with E-state index in [4.69, 9.17) is 4.74 Å². The van der Waals surface area contributed by atoms with E-state index in [9.17, 15) is 23.1 Å². The summed E-state index contributed by atoms with van der Waals surface area (Å²) in [6.07, 6.45) is 0. The van der Waals surface area contributed by atoms with Crippen molar-refractivity contribution >= 4 is 27.4 Å². The standard InChI is InChI=1S/C19H19NO6S/c1-26-10-11-27(24,25)14-8-6-13(7-9-14)18(21)20-12-16(19(22)23)15-4-2-3-5-17(15)20/h2-9,16H,10-12H2,1H3,(H,22,23). The summed E-state index contributed by atoms with van der Waals surface area (Å²) in [6.45, 7) is 0.131. The number of hydrogen-bond acceptors (Lipinski definition) is 5. The summed E-state index contributed by atoms with van der Waals surface area (Å²) in [6, 6.07) is 12.5. The number of amides is 1. The van der Waals surface area contributed by atoms with Crippen LogP contribution in [-0.4, -0.2) is 51.4 Å². The molecule has 0 saturated carbocycles. The lowest BCUT2D eigenvalue weighted by molar-refractivity contribution is -0.138. The van der Waals surface area contributed by atoms with Crippen LogP contribution in [0.15, 0.2) is 53.4 Å². The van der Waals surface area contributed by atoms with Crippen LogP contribution in [0.4, 0.5) is 5.69 Å². The molecule has 27 heavy (non-hydrogen) atoms. The van der Waals surface area contributed by atoms with Gasteiger partial charge in [0.25, 0.3) is 5.91 Å². The molecule has 1 atom stereocenters. The molecule has 0 spiro atoms. The number of anilines is 1. The predicted molar refractivity (Wildman–Crippen MR) is 98.9 cm³/mol. The molecule has 142 valence electrons. The third-order valence-electron chi connectivity index (χ3n) is 4.53. The highest BCUT2D eigenvalue weighted by atomic mass is 32.2. The van der Waals surface area contributed by atoms with Gasteiger partial charge in [0.15, 0.2) is 9.84 Å². The van der Waals surface area contributed by atoms with Crippen molar-refractivity contribution in [1.29, 1.82) is 0 Å². The van der Waals surface area contributed by atoms with Gasteiger partial charge >= 0.3 is 5.97 Å². The number of nitrogens with zero attached hydrogens (tertiary/aromatic N) is 1. The first-order valence-electron chi connectivity index (χ1n) is 8.30. The zero-order valence-corrected chi connectivity index (χ0v) is 15.5. The molecule has 0 radical (unpaired) electrons. The highest BCUT2D eigenvalue weighted by Gasteiger charge is 2.36. The fourth-order valence-corrected chi connectivity index (χ4v) is 4.25. The molecule has 0 aliphatic carbocycles. The Morgan fingerprint density at radius 1 is 1.15 bits per heavy atom. The second-order valence-electron chi connectivity index (χ2n) is 6.20. The Morgan fingerprint density at radius 3 is 2.44 bits per heavy atom. The van der Waals surface area contributed by atoms with E-state index in [1.54, 1.807) is 24.3 Å². The molecule has 1 amide bonds. The van der Waals surface area contributed by atoms with Crippen molar-refractivity contribution in [2.24, 2.45) is 0 Å². The topological polar surface area (TPSA) is 101 Å². The van der Waals surface area contributed by atoms with Gasteiger partial charge in [0, 0.05) is 24.9 Å². The van der Waals surface area contributed by atoms with Crippen LogP contribution < -0.4 is 4.90 Å². The van der Waals surface area contributed by atoms with Crippen LogP contribution in [0, 0.1) is 0 Å². The summed E-state index contributed by atoms with van der Waals surface area (Å²) in [5.41, 5.74) is 1.45. The summed E-state index contributed by atoms with van der Waals surface area (Å²) < 4.78 is 29.1. The van der Waals surface area contributed by atoms with Crippen LogP contribution in [0.2, 0.25) is 0 Å². The van der Waals surface area contributed by atoms with Crippen molar-refractivity contribution in [3.05, 3.63) is 59.7 Å². The summed E-state index contributed by atoms with van der Waals surface area (Å²) in [7, 11) is -2.05. The molecule has 0 aromatic heterocycles. The lowest BCUT2D eigenvalue weighted by Crippen LogP contribution is -2.31. The molecule has 1 N–H and O–H groups in total. The van der Waals surface area contributed by atoms with E-state index in [0.717, 1.165) is 0 Å². The smallest absolute Gasteiger partial charge is 0.312 e. The number of carbonyl (C=O) groups excluding carboxylic acids is 1. The third kappa shape index (κ3) is 3.72. The van der Waals surface area contributed by atoms with E-state index < -0.39 is 21.7 Å². The highest BCUT2D eigenvalue weighted by molar-refractivity contribution is 7.91. The van der Waals surface area contributed by atoms with E-state index in [2.05, 4.69) is 0 Å². The van der Waals surface area contributed by atoms with Crippen molar-refractivity contribution in [2.45, 2.75) is 10.8 Å². The minimum absolute atomic E-state index is 0.0431. The van der Waals surface area contributed by atoms with E-state index in [-0.39, 0.29) is 29.7 Å². The van der Waals surface area contributed by atoms with E-state index in [1.165, 1.54) is 36.3 Å². The minimum atomic E-state index is -3.48. The van der Waals surface area contributed by atoms with Crippen molar-refractivity contribution in [3.8, 4) is 0 Å². The summed E-state index contributed by atoms with van der Waals surface area (Å²) >= 11 is 0. The summed E-state index contributed by atoms with van der Waals surface area (Å²) in [5, 5.41) is 9.41. The Hall–Kier alpha value is -2.71. The van der Waals surface area contributed by atoms with Crippen molar-refractivity contribution in [1.82, 2.24) is 0 Å². The van der Waals surface area contributed by atoms with Crippen molar-refractivity contribution in [3.63, 3.8) is 0 Å². The molecule has 2 aromatic rings. The Kier molecular flexibility index (Phi) is 5.29. The molecule has 2 aromatic carbocycles. The number of para-hydroxylation sites is 1. The number of fused-ring (bicyclic) bond motifs is 1. The molecule has 1 unspecified atom stereocenters. The third-order valence-corrected chi connectivity index (χ3v) is 6.22. The number of aliphatic carboxylic acids is 1. The number of hydrogen-bond donors (Lipinski definition) is 1. The molecular formula is C19H19NO6S. The first-order chi connectivity index (χ1) is 12.8. The van der Waals surface area contributed by atoms with E-state index >= 15 is 0 Å². The Morgan fingerprint density at radius 2 is 1.81 bits per heavy atom. The van der Waals surface area contributed by atoms with Gasteiger partial charge in [-0.1, -0.05) is 18.2 Å². The Bertz CT molecular complexity index is 968. The summed E-state index contributed by atoms with van der Waals surface area (Å²) in [4.78, 5) is 25.9. The number of carbonyl (C=O) groups is 2. The van der Waals surface area contributed by atoms with Gasteiger partial charge in [-0.15, -0.1) is 0 Å². The molecule has 7 nitrogen and oxygen atoms in total. The number of ether oxygens (including phenoxy) is 1. The maximum Gasteiger partial charge on any atom is 0.312 e. The van der Waals surface area contributed by atoms with Crippen molar-refractivity contribution < 1.29 is 27.9 Å². The Labute approximate surface area is 157 Å². The average Bonchev–Trinajstić information content (AvgIpc) is 3.06. The molecule has 0 bridgehead atoms. The Balaban J connectivity index is 1.86.